The van der Waals surface area contributed by atoms with Gasteiger partial charge in [-0.15, -0.1) is 0 Å². The number of nitrogens with one attached hydrogen (secondary N) is 1. The van der Waals surface area contributed by atoms with E-state index in [1.165, 1.54) is 18.7 Å². The number of rotatable bonds is 9. The molecule has 2 amide bonds. The number of Topliss-reactive ketones (excluding diaryl/α,β-unsaturated/α-hetero) is 1. The Kier molecular flexibility index (Phi) is 9.13. The van der Waals surface area contributed by atoms with Crippen LogP contribution in [0.2, 0.25) is 0 Å². The van der Waals surface area contributed by atoms with Crippen LogP contribution in [0.5, 0.6) is 0 Å². The SMILES string of the molecule is CC(=O)c1ccc(NC(=O)C[C@H]2SC(=Nc3cc(C)cc(C)c3)N(CCCN3CCOCC3)C2=O)cc1. The zero-order chi connectivity index (χ0) is 26.4. The van der Waals surface area contributed by atoms with E-state index in [1.54, 1.807) is 29.2 Å². The number of ether oxygens (including phenoxy) is 1. The van der Waals surface area contributed by atoms with Crippen LogP contribution >= 0.6 is 11.8 Å². The number of aliphatic imine (C=N–C) groups is 1. The van der Waals surface area contributed by atoms with E-state index in [1.807, 2.05) is 26.0 Å². The first kappa shape index (κ1) is 27.0. The zero-order valence-electron chi connectivity index (χ0n) is 21.7. The lowest BCUT2D eigenvalue weighted by atomic mass is 10.1. The molecule has 2 saturated heterocycles. The number of carbonyl (C=O) groups is 3. The molecule has 1 atom stereocenters. The lowest BCUT2D eigenvalue weighted by Crippen LogP contribution is -2.39. The predicted molar refractivity (Wildman–Crippen MR) is 148 cm³/mol. The van der Waals surface area contributed by atoms with Gasteiger partial charge in [-0.25, -0.2) is 4.99 Å². The summed E-state index contributed by atoms with van der Waals surface area (Å²) in [5, 5.41) is 2.95. The molecule has 0 spiro atoms. The first-order valence-corrected chi connectivity index (χ1v) is 13.5. The van der Waals surface area contributed by atoms with E-state index < -0.39 is 5.25 Å². The number of nitrogens with zero attached hydrogens (tertiary/aromatic N) is 3. The van der Waals surface area contributed by atoms with Gasteiger partial charge in [0.1, 0.15) is 5.25 Å². The molecule has 37 heavy (non-hydrogen) atoms. The van der Waals surface area contributed by atoms with Crippen LogP contribution in [0.3, 0.4) is 0 Å². The molecule has 9 heteroatoms. The molecule has 2 aromatic carbocycles. The maximum absolute atomic E-state index is 13.4. The van der Waals surface area contributed by atoms with Gasteiger partial charge in [0.05, 0.1) is 18.9 Å². The van der Waals surface area contributed by atoms with Crippen molar-refractivity contribution < 1.29 is 19.1 Å². The minimum absolute atomic E-state index is 0.0323. The number of amides is 2. The largest absolute Gasteiger partial charge is 0.379 e. The summed E-state index contributed by atoms with van der Waals surface area (Å²) in [6.45, 7) is 10.3. The molecule has 2 aliphatic heterocycles. The molecule has 4 rings (SSSR count). The van der Waals surface area contributed by atoms with Gasteiger partial charge in [-0.1, -0.05) is 17.8 Å². The fourth-order valence-corrected chi connectivity index (χ4v) is 5.69. The number of carbonyl (C=O) groups excluding carboxylic acids is 3. The molecule has 8 nitrogen and oxygen atoms in total. The average molecular weight is 523 g/mol. The third kappa shape index (κ3) is 7.50. The first-order valence-electron chi connectivity index (χ1n) is 12.6. The lowest BCUT2D eigenvalue weighted by molar-refractivity contribution is -0.128. The van der Waals surface area contributed by atoms with Gasteiger partial charge < -0.3 is 10.1 Å². The molecule has 196 valence electrons. The number of amidine groups is 1. The van der Waals surface area contributed by atoms with Crippen LogP contribution in [0.4, 0.5) is 11.4 Å². The van der Waals surface area contributed by atoms with Gasteiger partial charge in [0.15, 0.2) is 11.0 Å². The van der Waals surface area contributed by atoms with Gasteiger partial charge in [-0.2, -0.15) is 0 Å². The second-order valence-corrected chi connectivity index (χ2v) is 10.7. The fraction of sp³-hybridized carbons (Fsp3) is 0.429. The van der Waals surface area contributed by atoms with E-state index in [-0.39, 0.29) is 24.0 Å². The molecule has 0 aliphatic carbocycles. The van der Waals surface area contributed by atoms with Crippen LogP contribution in [-0.4, -0.2) is 77.2 Å². The van der Waals surface area contributed by atoms with Crippen LogP contribution in [-0.2, 0) is 14.3 Å². The molecule has 0 aromatic heterocycles. The summed E-state index contributed by atoms with van der Waals surface area (Å²) in [6.07, 6.45) is 0.864. The van der Waals surface area contributed by atoms with Crippen molar-refractivity contribution in [2.24, 2.45) is 4.99 Å². The third-order valence-corrected chi connectivity index (χ3v) is 7.53. The minimum Gasteiger partial charge on any atom is -0.379 e. The van der Waals surface area contributed by atoms with Crippen molar-refractivity contribution in [2.45, 2.75) is 38.9 Å². The summed E-state index contributed by atoms with van der Waals surface area (Å²) in [4.78, 5) is 46.6. The second kappa shape index (κ2) is 12.5. The third-order valence-electron chi connectivity index (χ3n) is 6.36. The number of ketones is 1. The van der Waals surface area contributed by atoms with Gasteiger partial charge in [0, 0.05) is 43.9 Å². The van der Waals surface area contributed by atoms with Crippen molar-refractivity contribution in [3.05, 3.63) is 59.2 Å². The number of morpholine rings is 1. The Bertz CT molecular complexity index is 1150. The molecule has 2 aliphatic rings. The summed E-state index contributed by atoms with van der Waals surface area (Å²) < 4.78 is 5.43. The van der Waals surface area contributed by atoms with Gasteiger partial charge >= 0.3 is 0 Å². The van der Waals surface area contributed by atoms with E-state index in [0.717, 1.165) is 56.1 Å². The number of thioether (sulfide) groups is 1. The van der Waals surface area contributed by atoms with Crippen molar-refractivity contribution >= 4 is 45.9 Å². The Morgan fingerprint density at radius 2 is 1.73 bits per heavy atom. The Morgan fingerprint density at radius 1 is 1.05 bits per heavy atom. The normalized spacial score (nSPS) is 19.4. The average Bonchev–Trinajstić information content (AvgIpc) is 3.13. The maximum Gasteiger partial charge on any atom is 0.242 e. The highest BCUT2D eigenvalue weighted by Crippen LogP contribution is 2.32. The van der Waals surface area contributed by atoms with Crippen LogP contribution in [0, 0.1) is 13.8 Å². The highest BCUT2D eigenvalue weighted by atomic mass is 32.2. The maximum atomic E-state index is 13.4. The summed E-state index contributed by atoms with van der Waals surface area (Å²) in [7, 11) is 0. The zero-order valence-corrected chi connectivity index (χ0v) is 22.5. The molecule has 1 N–H and O–H groups in total. The van der Waals surface area contributed by atoms with Gasteiger partial charge in [-0.3, -0.25) is 24.2 Å². The van der Waals surface area contributed by atoms with E-state index in [4.69, 9.17) is 9.73 Å². The van der Waals surface area contributed by atoms with E-state index in [2.05, 4.69) is 16.3 Å². The Morgan fingerprint density at radius 3 is 2.38 bits per heavy atom. The molecule has 2 aromatic rings. The number of aryl methyl sites for hydroxylation is 2. The Labute approximate surface area is 222 Å². The summed E-state index contributed by atoms with van der Waals surface area (Å²) >= 11 is 1.35. The van der Waals surface area contributed by atoms with E-state index in [9.17, 15) is 14.4 Å². The molecular formula is C28H34N4O4S. The van der Waals surface area contributed by atoms with Crippen molar-refractivity contribution in [2.75, 3.05) is 44.7 Å². The smallest absolute Gasteiger partial charge is 0.242 e. The number of anilines is 1. The van der Waals surface area contributed by atoms with Crippen LogP contribution in [0.25, 0.3) is 0 Å². The van der Waals surface area contributed by atoms with Crippen molar-refractivity contribution in [3.8, 4) is 0 Å². The highest BCUT2D eigenvalue weighted by molar-refractivity contribution is 8.15. The molecule has 0 unspecified atom stereocenters. The molecule has 0 radical (unpaired) electrons. The Balaban J connectivity index is 1.44. The van der Waals surface area contributed by atoms with Gasteiger partial charge in [0.25, 0.3) is 0 Å². The number of hydrogen-bond acceptors (Lipinski definition) is 7. The lowest BCUT2D eigenvalue weighted by Gasteiger charge is -2.27. The summed E-state index contributed by atoms with van der Waals surface area (Å²) in [5.74, 6) is -0.366. The minimum atomic E-state index is -0.537. The number of benzene rings is 2. The quantitative estimate of drug-likeness (QED) is 0.497. The molecule has 2 heterocycles. The monoisotopic (exact) mass is 522 g/mol. The molecule has 0 saturated carbocycles. The van der Waals surface area contributed by atoms with Crippen molar-refractivity contribution in [1.29, 1.82) is 0 Å². The molecule has 2 fully saturated rings. The van der Waals surface area contributed by atoms with Crippen LogP contribution < -0.4 is 5.32 Å². The summed E-state index contributed by atoms with van der Waals surface area (Å²) in [5.41, 5.74) is 4.21. The van der Waals surface area contributed by atoms with Crippen molar-refractivity contribution in [1.82, 2.24) is 9.80 Å². The molecule has 0 bridgehead atoms. The summed E-state index contributed by atoms with van der Waals surface area (Å²) in [6, 6.07) is 12.8. The Hall–Kier alpha value is -3.01. The van der Waals surface area contributed by atoms with E-state index in [0.29, 0.717) is 23.0 Å². The standard InChI is InChI=1S/C28H34N4O4S/c1-19-15-20(2)17-24(16-19)30-28-32(10-4-9-31-11-13-36-14-12-31)27(35)25(37-28)18-26(34)29-23-7-5-22(6-8-23)21(3)33/h5-8,15-17,25H,4,9-14,18H2,1-3H3,(H,29,34)/t25-/m1/s1. The highest BCUT2D eigenvalue weighted by Gasteiger charge is 2.39. The van der Waals surface area contributed by atoms with Crippen LogP contribution in [0.1, 0.15) is 41.3 Å². The van der Waals surface area contributed by atoms with Gasteiger partial charge in [0.2, 0.25) is 11.8 Å². The molecular weight excluding hydrogens is 488 g/mol. The number of hydrogen-bond donors (Lipinski definition) is 1. The van der Waals surface area contributed by atoms with Crippen LogP contribution in [0.15, 0.2) is 47.5 Å². The fourth-order valence-electron chi connectivity index (χ4n) is 4.50. The van der Waals surface area contributed by atoms with Gasteiger partial charge in [-0.05, 0) is 74.7 Å². The topological polar surface area (TPSA) is 91.3 Å². The predicted octanol–water partition coefficient (Wildman–Crippen LogP) is 4.19. The second-order valence-electron chi connectivity index (χ2n) is 9.53. The van der Waals surface area contributed by atoms with E-state index >= 15 is 0 Å². The van der Waals surface area contributed by atoms with Crippen molar-refractivity contribution in [3.63, 3.8) is 0 Å². The first-order chi connectivity index (χ1) is 17.8.